The van der Waals surface area contributed by atoms with Gasteiger partial charge in [0.2, 0.25) is 11.1 Å². The van der Waals surface area contributed by atoms with Crippen LogP contribution in [0, 0.1) is 6.92 Å². The molecule has 2 aromatic carbocycles. The molecular formula is C21H22ClN5O2S. The van der Waals surface area contributed by atoms with Crippen LogP contribution in [0.5, 0.6) is 5.75 Å². The van der Waals surface area contributed by atoms with Gasteiger partial charge in [-0.2, -0.15) is 0 Å². The van der Waals surface area contributed by atoms with E-state index >= 15 is 0 Å². The molecule has 0 saturated heterocycles. The topological polar surface area (TPSA) is 81.1 Å². The van der Waals surface area contributed by atoms with Gasteiger partial charge in [0.1, 0.15) is 11.0 Å². The lowest BCUT2D eigenvalue weighted by Crippen LogP contribution is -2.41. The Morgan fingerprint density at radius 2 is 2.03 bits per heavy atom. The van der Waals surface area contributed by atoms with E-state index < -0.39 is 5.25 Å². The number of nitrogens with zero attached hydrogens (tertiary/aromatic N) is 3. The second kappa shape index (κ2) is 8.57. The quantitative estimate of drug-likeness (QED) is 0.614. The summed E-state index contributed by atoms with van der Waals surface area (Å²) in [7, 11) is 1.63. The van der Waals surface area contributed by atoms with Gasteiger partial charge in [0, 0.05) is 17.1 Å². The van der Waals surface area contributed by atoms with Crippen molar-refractivity contribution in [3.63, 3.8) is 0 Å². The van der Waals surface area contributed by atoms with Crippen LogP contribution in [0.4, 0.5) is 5.69 Å². The minimum absolute atomic E-state index is 0.133. The molecule has 4 rings (SSSR count). The van der Waals surface area contributed by atoms with E-state index in [1.807, 2.05) is 48.9 Å². The van der Waals surface area contributed by atoms with Crippen LogP contribution in [-0.4, -0.2) is 33.1 Å². The lowest BCUT2D eigenvalue weighted by atomic mass is 10.0. The first kappa shape index (κ1) is 20.6. The second-order valence-corrected chi connectivity index (χ2v) is 8.50. The summed E-state index contributed by atoms with van der Waals surface area (Å²) in [6, 6.07) is 12.9. The molecule has 3 aromatic rings. The number of anilines is 1. The molecule has 0 spiro atoms. The molecule has 0 saturated carbocycles. The van der Waals surface area contributed by atoms with Crippen LogP contribution < -0.4 is 15.5 Å². The molecule has 0 bridgehead atoms. The van der Waals surface area contributed by atoms with E-state index in [9.17, 15) is 4.79 Å². The molecule has 7 nitrogen and oxygen atoms in total. The lowest BCUT2D eigenvalue weighted by molar-refractivity contribution is -0.116. The normalized spacial score (nSPS) is 17.7. The number of hydrogen-bond donors (Lipinski definition) is 2. The number of aryl methyl sites for hydroxylation is 2. The molecule has 1 aliphatic heterocycles. The lowest BCUT2D eigenvalue weighted by Gasteiger charge is -2.33. The summed E-state index contributed by atoms with van der Waals surface area (Å²) in [4.78, 5) is 13.3. The number of nitrogens with one attached hydrogen (secondary N) is 2. The standard InChI is InChI=1S/C21H22ClN5O2S/c1-4-17-24-25-21-27(17)26-18(13-6-9-15(29-3)10-7-13)19(30-21)20(28)23-16-11-14(22)8-5-12(16)2/h5-11,18-19,26H,4H2,1-3H3,(H,23,28)/t18-,19+/m0/s1. The minimum Gasteiger partial charge on any atom is -0.497 e. The zero-order chi connectivity index (χ0) is 21.3. The molecule has 30 heavy (non-hydrogen) atoms. The second-order valence-electron chi connectivity index (χ2n) is 6.95. The van der Waals surface area contributed by atoms with Crippen molar-refractivity contribution in [3.8, 4) is 5.75 Å². The highest BCUT2D eigenvalue weighted by atomic mass is 35.5. The van der Waals surface area contributed by atoms with Crippen LogP contribution in [0.3, 0.4) is 0 Å². The first-order valence-electron chi connectivity index (χ1n) is 9.58. The van der Waals surface area contributed by atoms with Crippen LogP contribution in [0.2, 0.25) is 5.02 Å². The van der Waals surface area contributed by atoms with Crippen molar-refractivity contribution in [2.24, 2.45) is 0 Å². The van der Waals surface area contributed by atoms with Crippen molar-refractivity contribution in [1.29, 1.82) is 0 Å². The molecular weight excluding hydrogens is 422 g/mol. The number of carbonyl (C=O) groups excluding carboxylic acids is 1. The van der Waals surface area contributed by atoms with E-state index in [2.05, 4.69) is 20.9 Å². The van der Waals surface area contributed by atoms with Crippen LogP contribution in [0.15, 0.2) is 47.6 Å². The Bertz CT molecular complexity index is 1070. The van der Waals surface area contributed by atoms with Gasteiger partial charge in [0.05, 0.1) is 13.2 Å². The third-order valence-corrected chi connectivity index (χ3v) is 6.46. The summed E-state index contributed by atoms with van der Waals surface area (Å²) in [5.41, 5.74) is 6.04. The number of amides is 1. The van der Waals surface area contributed by atoms with E-state index in [1.54, 1.807) is 19.2 Å². The third-order valence-electron chi connectivity index (χ3n) is 5.01. The maximum atomic E-state index is 13.3. The highest BCUT2D eigenvalue weighted by Crippen LogP contribution is 2.38. The Hall–Kier alpha value is -2.71. The van der Waals surface area contributed by atoms with Crippen molar-refractivity contribution >= 4 is 35.0 Å². The molecule has 1 aliphatic rings. The molecule has 0 aliphatic carbocycles. The molecule has 156 valence electrons. The number of rotatable bonds is 5. The van der Waals surface area contributed by atoms with E-state index in [4.69, 9.17) is 16.3 Å². The maximum Gasteiger partial charge on any atom is 0.240 e. The van der Waals surface area contributed by atoms with Crippen molar-refractivity contribution in [2.75, 3.05) is 17.9 Å². The fraction of sp³-hybridized carbons (Fsp3) is 0.286. The Balaban J connectivity index is 1.68. The Morgan fingerprint density at radius 3 is 2.73 bits per heavy atom. The molecule has 1 aromatic heterocycles. The predicted octanol–water partition coefficient (Wildman–Crippen LogP) is 4.21. The first-order chi connectivity index (χ1) is 14.5. The summed E-state index contributed by atoms with van der Waals surface area (Å²) in [6.07, 6.45) is 0.731. The molecule has 0 unspecified atom stereocenters. The largest absolute Gasteiger partial charge is 0.497 e. The molecule has 2 N–H and O–H groups in total. The first-order valence-corrected chi connectivity index (χ1v) is 10.8. The van der Waals surface area contributed by atoms with Crippen LogP contribution in [0.25, 0.3) is 0 Å². The van der Waals surface area contributed by atoms with Crippen LogP contribution >= 0.6 is 23.4 Å². The average Bonchev–Trinajstić information content (AvgIpc) is 3.17. The number of fused-ring (bicyclic) bond motifs is 1. The Morgan fingerprint density at radius 1 is 1.27 bits per heavy atom. The zero-order valence-electron chi connectivity index (χ0n) is 16.8. The van der Waals surface area contributed by atoms with Crippen molar-refractivity contribution in [1.82, 2.24) is 14.9 Å². The summed E-state index contributed by atoms with van der Waals surface area (Å²) in [5.74, 6) is 1.45. The predicted molar refractivity (Wildman–Crippen MR) is 119 cm³/mol. The highest BCUT2D eigenvalue weighted by Gasteiger charge is 2.37. The summed E-state index contributed by atoms with van der Waals surface area (Å²) in [6.45, 7) is 3.95. The SMILES string of the molecule is CCc1nnc2n1N[C@@H](c1ccc(OC)cc1)[C@H](C(=O)Nc1cc(Cl)ccc1C)S2. The number of aromatic nitrogens is 3. The van der Waals surface area contributed by atoms with Gasteiger partial charge in [-0.3, -0.25) is 4.79 Å². The Kier molecular flexibility index (Phi) is 5.87. The van der Waals surface area contributed by atoms with Gasteiger partial charge in [-0.25, -0.2) is 4.68 Å². The molecule has 0 fully saturated rings. The zero-order valence-corrected chi connectivity index (χ0v) is 18.4. The molecule has 9 heteroatoms. The fourth-order valence-corrected chi connectivity index (χ4v) is 4.59. The van der Waals surface area contributed by atoms with Gasteiger partial charge in [-0.15, -0.1) is 10.2 Å². The van der Waals surface area contributed by atoms with E-state index in [0.29, 0.717) is 15.9 Å². The van der Waals surface area contributed by atoms with E-state index in [1.165, 1.54) is 11.8 Å². The number of halogens is 1. The summed E-state index contributed by atoms with van der Waals surface area (Å²) >= 11 is 7.52. The van der Waals surface area contributed by atoms with E-state index in [0.717, 1.165) is 29.1 Å². The number of methoxy groups -OCH3 is 1. The van der Waals surface area contributed by atoms with Gasteiger partial charge in [0.15, 0.2) is 5.82 Å². The monoisotopic (exact) mass is 443 g/mol. The number of carbonyl (C=O) groups is 1. The number of ether oxygens (including phenoxy) is 1. The fourth-order valence-electron chi connectivity index (χ4n) is 3.32. The van der Waals surface area contributed by atoms with Gasteiger partial charge in [-0.1, -0.05) is 48.5 Å². The Labute approximate surface area is 184 Å². The van der Waals surface area contributed by atoms with E-state index in [-0.39, 0.29) is 11.9 Å². The molecule has 0 radical (unpaired) electrons. The van der Waals surface area contributed by atoms with Gasteiger partial charge in [-0.05, 0) is 42.3 Å². The number of hydrogen-bond acceptors (Lipinski definition) is 6. The van der Waals surface area contributed by atoms with Crippen LogP contribution in [-0.2, 0) is 11.2 Å². The maximum absolute atomic E-state index is 13.3. The van der Waals surface area contributed by atoms with Gasteiger partial charge < -0.3 is 15.5 Å². The van der Waals surface area contributed by atoms with Gasteiger partial charge >= 0.3 is 0 Å². The minimum atomic E-state index is -0.460. The number of benzene rings is 2. The third kappa shape index (κ3) is 3.97. The van der Waals surface area contributed by atoms with Crippen molar-refractivity contribution < 1.29 is 9.53 Å². The average molecular weight is 444 g/mol. The molecule has 2 heterocycles. The van der Waals surface area contributed by atoms with Crippen LogP contribution in [0.1, 0.15) is 29.9 Å². The summed E-state index contributed by atoms with van der Waals surface area (Å²) in [5, 5.41) is 12.3. The smallest absolute Gasteiger partial charge is 0.240 e. The van der Waals surface area contributed by atoms with Crippen molar-refractivity contribution in [3.05, 3.63) is 64.4 Å². The highest BCUT2D eigenvalue weighted by molar-refractivity contribution is 8.00. The van der Waals surface area contributed by atoms with Gasteiger partial charge in [0.25, 0.3) is 0 Å². The van der Waals surface area contributed by atoms with Crippen molar-refractivity contribution in [2.45, 2.75) is 36.7 Å². The summed E-state index contributed by atoms with van der Waals surface area (Å²) < 4.78 is 7.14. The molecule has 2 atom stereocenters. The molecule has 1 amide bonds. The number of thioether (sulfide) groups is 1.